The topological polar surface area (TPSA) is 83.1 Å². The summed E-state index contributed by atoms with van der Waals surface area (Å²) in [7, 11) is 1.62. The van der Waals surface area contributed by atoms with E-state index in [1.807, 2.05) is 24.3 Å². The summed E-state index contributed by atoms with van der Waals surface area (Å²) >= 11 is -1.29. The van der Waals surface area contributed by atoms with Crippen LogP contribution in [0.15, 0.2) is 47.8 Å². The average Bonchev–Trinajstić information content (AvgIpc) is 3.00. The van der Waals surface area contributed by atoms with Crippen LogP contribution < -0.4 is 4.74 Å². The zero-order chi connectivity index (χ0) is 16.1. The number of rotatable bonds is 7. The van der Waals surface area contributed by atoms with Gasteiger partial charge in [0, 0.05) is 30.5 Å². The molecule has 1 aromatic carbocycles. The Hall–Kier alpha value is -1.09. The second kappa shape index (κ2) is 9.41. The summed E-state index contributed by atoms with van der Waals surface area (Å²) in [4.78, 5) is 11.7. The van der Waals surface area contributed by atoms with E-state index >= 15 is 0 Å². The van der Waals surface area contributed by atoms with Gasteiger partial charge in [-0.15, -0.1) is 0 Å². The molecule has 0 fully saturated rings. The summed E-state index contributed by atoms with van der Waals surface area (Å²) in [6.07, 6.45) is 1.65. The fourth-order valence-electron chi connectivity index (χ4n) is 2.11. The predicted octanol–water partition coefficient (Wildman–Crippen LogP) is 1.64. The normalized spacial score (nSPS) is 11.9. The first-order valence-electron chi connectivity index (χ1n) is 7.16. The first-order chi connectivity index (χ1) is 11.3. The van der Waals surface area contributed by atoms with Crippen LogP contribution in [0.4, 0.5) is 0 Å². The van der Waals surface area contributed by atoms with Gasteiger partial charge in [0.1, 0.15) is 12.4 Å². The number of hydrogen-bond donors (Lipinski definition) is 1. The molecule has 0 radical (unpaired) electrons. The van der Waals surface area contributed by atoms with Crippen LogP contribution in [0, 0.1) is 0 Å². The summed E-state index contributed by atoms with van der Waals surface area (Å²) in [6, 6.07) is 11.2. The number of ether oxygens (including phenoxy) is 2. The minimum atomic E-state index is -1.29. The van der Waals surface area contributed by atoms with Crippen LogP contribution >= 0.6 is 0 Å². The van der Waals surface area contributed by atoms with Crippen molar-refractivity contribution in [1.29, 1.82) is 0 Å². The van der Waals surface area contributed by atoms with Crippen LogP contribution in [0.5, 0.6) is 5.75 Å². The third-order valence-electron chi connectivity index (χ3n) is 3.21. The average molecular weight is 355 g/mol. The molecule has 6 nitrogen and oxygen atoms in total. The van der Waals surface area contributed by atoms with Gasteiger partial charge in [-0.1, -0.05) is 12.1 Å². The van der Waals surface area contributed by atoms with Gasteiger partial charge in [-0.25, -0.2) is 0 Å². The first-order valence-corrected chi connectivity index (χ1v) is 8.48. The van der Waals surface area contributed by atoms with Crippen LogP contribution in [-0.2, 0) is 21.7 Å². The van der Waals surface area contributed by atoms with Crippen molar-refractivity contribution in [2.24, 2.45) is 0 Å². The molecule has 0 spiro atoms. The van der Waals surface area contributed by atoms with Gasteiger partial charge in [-0.05, 0) is 18.2 Å². The van der Waals surface area contributed by atoms with E-state index in [2.05, 4.69) is 15.0 Å². The molecule has 0 saturated carbocycles. The summed E-state index contributed by atoms with van der Waals surface area (Å²) < 4.78 is 23.0. The molecular formula is C16H18N3NaO3S. The third kappa shape index (κ3) is 4.95. The van der Waals surface area contributed by atoms with E-state index in [0.29, 0.717) is 29.8 Å². The van der Waals surface area contributed by atoms with Gasteiger partial charge in [0.05, 0.1) is 23.3 Å². The van der Waals surface area contributed by atoms with E-state index in [0.717, 1.165) is 11.0 Å². The van der Waals surface area contributed by atoms with Crippen LogP contribution in [0.1, 0.15) is 5.69 Å². The van der Waals surface area contributed by atoms with Crippen LogP contribution in [0.25, 0.3) is 11.0 Å². The molecule has 2 heterocycles. The molecule has 122 valence electrons. The van der Waals surface area contributed by atoms with E-state index in [-0.39, 0.29) is 35.3 Å². The summed E-state index contributed by atoms with van der Waals surface area (Å²) in [5.41, 5.74) is 2.37. The Bertz CT molecular complexity index is 751. The number of aromatic amines is 1. The van der Waals surface area contributed by atoms with E-state index < -0.39 is 11.2 Å². The number of H-pyrrole nitrogens is 1. The number of para-hydroxylation sites is 2. The Labute approximate surface area is 165 Å². The number of fused-ring (bicyclic) bond motifs is 1. The molecule has 2 aromatic heterocycles. The maximum atomic E-state index is 12.5. The number of methoxy groups -OCH3 is 1. The molecule has 3 aromatic rings. The maximum absolute atomic E-state index is 12.5. The van der Waals surface area contributed by atoms with Crippen LogP contribution in [-0.4, -0.2) is 69.4 Å². The van der Waals surface area contributed by atoms with Gasteiger partial charge in [0.2, 0.25) is 0 Å². The number of nitrogens with one attached hydrogen (secondary N) is 1. The Morgan fingerprint density at radius 2 is 2.04 bits per heavy atom. The van der Waals surface area contributed by atoms with Gasteiger partial charge < -0.3 is 14.0 Å². The Kier molecular flexibility index (Phi) is 7.54. The standard InChI is InChI=1S/C16H17N3O3S.Na.H/c1-21-8-9-22-13-6-7-17-12(10-13)11-23(20)16-18-14-4-2-3-5-15(14)19-16;;/h2-7,10H,8-9,11H2,1H3,(H,18,19);;. The zero-order valence-corrected chi connectivity index (χ0v) is 13.5. The van der Waals surface area contributed by atoms with Crippen molar-refractivity contribution >= 4 is 51.8 Å². The molecule has 0 saturated heterocycles. The van der Waals surface area contributed by atoms with E-state index in [9.17, 15) is 4.55 Å². The number of nitrogens with zero attached hydrogens (tertiary/aromatic N) is 2. The quantitative estimate of drug-likeness (QED) is 0.396. The van der Waals surface area contributed by atoms with Crippen molar-refractivity contribution in [3.05, 3.63) is 48.3 Å². The van der Waals surface area contributed by atoms with Gasteiger partial charge in [-0.2, -0.15) is 4.98 Å². The van der Waals surface area contributed by atoms with Crippen molar-refractivity contribution in [2.75, 3.05) is 20.3 Å². The van der Waals surface area contributed by atoms with Gasteiger partial charge in [0.25, 0.3) is 0 Å². The first kappa shape index (κ1) is 19.2. The van der Waals surface area contributed by atoms with Crippen molar-refractivity contribution in [1.82, 2.24) is 15.0 Å². The fraction of sp³-hybridized carbons (Fsp3) is 0.250. The Morgan fingerprint density at radius 1 is 1.21 bits per heavy atom. The van der Waals surface area contributed by atoms with E-state index in [4.69, 9.17) is 9.47 Å². The van der Waals surface area contributed by atoms with Crippen LogP contribution in [0.3, 0.4) is 0 Å². The molecule has 0 amide bonds. The molecule has 8 heteroatoms. The zero-order valence-electron chi connectivity index (χ0n) is 12.7. The number of hydrogen-bond acceptors (Lipinski definition) is 5. The molecule has 0 aliphatic carbocycles. The van der Waals surface area contributed by atoms with Crippen molar-refractivity contribution in [3.63, 3.8) is 0 Å². The number of aromatic nitrogens is 3. The Balaban J connectivity index is 0.00000208. The monoisotopic (exact) mass is 355 g/mol. The minimum absolute atomic E-state index is 0. The number of imidazole rings is 1. The van der Waals surface area contributed by atoms with Crippen molar-refractivity contribution in [2.45, 2.75) is 10.9 Å². The third-order valence-corrected chi connectivity index (χ3v) is 4.39. The molecule has 0 aliphatic heterocycles. The van der Waals surface area contributed by atoms with Crippen molar-refractivity contribution in [3.8, 4) is 5.75 Å². The molecular weight excluding hydrogens is 337 g/mol. The predicted molar refractivity (Wildman–Crippen MR) is 95.0 cm³/mol. The number of benzene rings is 1. The van der Waals surface area contributed by atoms with Gasteiger partial charge in [-0.3, -0.25) is 9.97 Å². The van der Waals surface area contributed by atoms with Crippen molar-refractivity contribution < 1.29 is 14.0 Å². The summed E-state index contributed by atoms with van der Waals surface area (Å²) in [5, 5.41) is 0.457. The second-order valence-corrected chi connectivity index (χ2v) is 6.24. The Morgan fingerprint density at radius 3 is 2.83 bits per heavy atom. The summed E-state index contributed by atoms with van der Waals surface area (Å²) in [5.74, 6) is 0.968. The van der Waals surface area contributed by atoms with Gasteiger partial charge in [0.15, 0.2) is 5.75 Å². The van der Waals surface area contributed by atoms with E-state index in [1.165, 1.54) is 0 Å². The fourth-order valence-corrected chi connectivity index (χ4v) is 3.09. The molecule has 24 heavy (non-hydrogen) atoms. The summed E-state index contributed by atoms with van der Waals surface area (Å²) in [6.45, 7) is 0.981. The second-order valence-electron chi connectivity index (χ2n) is 4.87. The molecule has 0 aliphatic rings. The molecule has 1 unspecified atom stereocenters. The van der Waals surface area contributed by atoms with Gasteiger partial charge >= 0.3 is 34.7 Å². The molecule has 0 bridgehead atoms. The van der Waals surface area contributed by atoms with E-state index in [1.54, 1.807) is 25.4 Å². The SMILES string of the molecule is COCCOc1ccnc(C[S+]([O-])c2nc3ccccc3[nH]2)c1.[NaH]. The molecule has 1 N–H and O–H groups in total. The molecule has 1 atom stereocenters. The van der Waals surface area contributed by atoms with Crippen LogP contribution in [0.2, 0.25) is 0 Å². The molecule has 3 rings (SSSR count). The number of pyridine rings is 1.